The number of carbonyl (C=O) groups excluding carboxylic acids is 2. The predicted octanol–water partition coefficient (Wildman–Crippen LogP) is 3.94. The molecule has 7 heteroatoms. The predicted molar refractivity (Wildman–Crippen MR) is 110 cm³/mol. The fraction of sp³-hybridized carbons (Fsp3) is 0.286. The summed E-state index contributed by atoms with van der Waals surface area (Å²) in [5, 5.41) is 5.95. The van der Waals surface area contributed by atoms with Crippen molar-refractivity contribution in [1.82, 2.24) is 14.9 Å². The van der Waals surface area contributed by atoms with Crippen molar-refractivity contribution in [3.8, 4) is 11.3 Å². The van der Waals surface area contributed by atoms with Crippen LogP contribution in [0.4, 0.5) is 5.69 Å². The summed E-state index contributed by atoms with van der Waals surface area (Å²) in [6.45, 7) is 3.12. The van der Waals surface area contributed by atoms with Crippen LogP contribution in [0.2, 0.25) is 0 Å². The highest BCUT2D eigenvalue weighted by Crippen LogP contribution is 2.24. The first-order chi connectivity index (χ1) is 13.6. The minimum Gasteiger partial charge on any atom is -0.357 e. The van der Waals surface area contributed by atoms with Gasteiger partial charge in [-0.2, -0.15) is 0 Å². The third-order valence-electron chi connectivity index (χ3n) is 5.02. The number of para-hydroxylation sites is 1. The van der Waals surface area contributed by atoms with Crippen LogP contribution in [0.1, 0.15) is 28.3 Å². The second-order valence-electron chi connectivity index (χ2n) is 6.98. The summed E-state index contributed by atoms with van der Waals surface area (Å²) in [5.41, 5.74) is 3.17. The number of benzene rings is 1. The summed E-state index contributed by atoms with van der Waals surface area (Å²) >= 11 is 1.59. The van der Waals surface area contributed by atoms with Gasteiger partial charge < -0.3 is 15.2 Å². The molecule has 28 heavy (non-hydrogen) atoms. The molecule has 3 heterocycles. The van der Waals surface area contributed by atoms with E-state index < -0.39 is 0 Å². The summed E-state index contributed by atoms with van der Waals surface area (Å²) in [6, 6.07) is 11.3. The number of nitrogens with zero attached hydrogens (tertiary/aromatic N) is 2. The number of hydrogen-bond donors (Lipinski definition) is 2. The monoisotopic (exact) mass is 394 g/mol. The van der Waals surface area contributed by atoms with Crippen LogP contribution in [-0.4, -0.2) is 39.8 Å². The Morgan fingerprint density at radius 3 is 2.64 bits per heavy atom. The fourth-order valence-corrected chi connectivity index (χ4v) is 4.06. The van der Waals surface area contributed by atoms with Gasteiger partial charge in [-0.1, -0.05) is 18.2 Å². The average molecular weight is 395 g/mol. The van der Waals surface area contributed by atoms with Gasteiger partial charge in [-0.25, -0.2) is 4.98 Å². The molecule has 1 aliphatic rings. The molecule has 1 aromatic carbocycles. The van der Waals surface area contributed by atoms with Gasteiger partial charge in [-0.05, 0) is 38.0 Å². The number of carbonyl (C=O) groups is 2. The van der Waals surface area contributed by atoms with E-state index in [4.69, 9.17) is 0 Å². The Morgan fingerprint density at radius 2 is 1.96 bits per heavy atom. The maximum absolute atomic E-state index is 12.8. The van der Waals surface area contributed by atoms with Crippen LogP contribution < -0.4 is 5.32 Å². The molecule has 4 rings (SSSR count). The third-order valence-corrected chi connectivity index (χ3v) is 5.80. The molecule has 2 N–H and O–H groups in total. The molecule has 2 aromatic heterocycles. The molecule has 0 atom stereocenters. The molecule has 0 aliphatic carbocycles. The Balaban J connectivity index is 1.34. The lowest BCUT2D eigenvalue weighted by Crippen LogP contribution is -2.41. The molecule has 1 aliphatic heterocycles. The summed E-state index contributed by atoms with van der Waals surface area (Å²) < 4.78 is 0. The van der Waals surface area contributed by atoms with E-state index in [1.165, 1.54) is 0 Å². The number of nitrogens with one attached hydrogen (secondary N) is 2. The highest BCUT2D eigenvalue weighted by molar-refractivity contribution is 7.09. The smallest absolute Gasteiger partial charge is 0.270 e. The zero-order valence-corrected chi connectivity index (χ0v) is 16.5. The molecular formula is C21H22N4O2S. The molecule has 6 nitrogen and oxygen atoms in total. The minimum absolute atomic E-state index is 0.0272. The van der Waals surface area contributed by atoms with Crippen LogP contribution >= 0.6 is 11.3 Å². The van der Waals surface area contributed by atoms with E-state index in [-0.39, 0.29) is 17.7 Å². The molecule has 3 aromatic rings. The van der Waals surface area contributed by atoms with Gasteiger partial charge in [0.25, 0.3) is 5.91 Å². The topological polar surface area (TPSA) is 78.1 Å². The number of likely N-dealkylation sites (tertiary alicyclic amines) is 1. The second kappa shape index (κ2) is 7.98. The first-order valence-corrected chi connectivity index (χ1v) is 10.2. The molecule has 0 saturated carbocycles. The molecule has 0 bridgehead atoms. The molecule has 1 fully saturated rings. The van der Waals surface area contributed by atoms with Crippen molar-refractivity contribution >= 4 is 28.8 Å². The van der Waals surface area contributed by atoms with Gasteiger partial charge in [-0.15, -0.1) is 11.3 Å². The van der Waals surface area contributed by atoms with E-state index in [1.807, 2.05) is 59.8 Å². The van der Waals surface area contributed by atoms with Crippen LogP contribution in [0.25, 0.3) is 11.3 Å². The number of rotatable bonds is 4. The maximum atomic E-state index is 12.8. The minimum atomic E-state index is -0.0681. The van der Waals surface area contributed by atoms with E-state index in [0.29, 0.717) is 31.6 Å². The Hall–Kier alpha value is -2.93. The zero-order valence-electron chi connectivity index (χ0n) is 15.6. The largest absolute Gasteiger partial charge is 0.357 e. The molecule has 0 unspecified atom stereocenters. The lowest BCUT2D eigenvalue weighted by atomic mass is 9.95. The van der Waals surface area contributed by atoms with E-state index in [1.54, 1.807) is 11.3 Å². The first-order valence-electron chi connectivity index (χ1n) is 9.36. The number of amides is 2. The lowest BCUT2D eigenvalue weighted by Gasteiger charge is -2.31. The second-order valence-corrected chi connectivity index (χ2v) is 8.04. The summed E-state index contributed by atoms with van der Waals surface area (Å²) in [6.07, 6.45) is 3.16. The van der Waals surface area contributed by atoms with Crippen molar-refractivity contribution in [2.24, 2.45) is 5.92 Å². The highest BCUT2D eigenvalue weighted by Gasteiger charge is 2.28. The van der Waals surface area contributed by atoms with Gasteiger partial charge in [-0.3, -0.25) is 9.59 Å². The van der Waals surface area contributed by atoms with Gasteiger partial charge in [0, 0.05) is 41.8 Å². The number of hydrogen-bond acceptors (Lipinski definition) is 4. The summed E-state index contributed by atoms with van der Waals surface area (Å²) in [7, 11) is 0. The quantitative estimate of drug-likeness (QED) is 0.704. The van der Waals surface area contributed by atoms with Crippen molar-refractivity contribution in [2.45, 2.75) is 19.8 Å². The fourth-order valence-electron chi connectivity index (χ4n) is 3.44. The highest BCUT2D eigenvalue weighted by atomic mass is 32.1. The van der Waals surface area contributed by atoms with E-state index in [2.05, 4.69) is 15.3 Å². The summed E-state index contributed by atoms with van der Waals surface area (Å²) in [4.78, 5) is 34.6. The van der Waals surface area contributed by atoms with Crippen molar-refractivity contribution in [2.75, 3.05) is 18.4 Å². The third kappa shape index (κ3) is 3.99. The standard InChI is InChI=1S/C21H22N4O2S/c1-14-23-19(13-28-14)16-11-18(22-12-16)21(27)25-9-7-15(8-10-25)20(26)24-17-5-3-2-4-6-17/h2-6,11-13,15,22H,7-10H2,1H3,(H,24,26). The van der Waals surface area contributed by atoms with Crippen molar-refractivity contribution in [1.29, 1.82) is 0 Å². The zero-order chi connectivity index (χ0) is 19.5. The Labute approximate surface area is 167 Å². The first kappa shape index (κ1) is 18.4. The van der Waals surface area contributed by atoms with Gasteiger partial charge >= 0.3 is 0 Å². The normalized spacial score (nSPS) is 14.8. The van der Waals surface area contributed by atoms with E-state index in [0.717, 1.165) is 22.0 Å². The van der Waals surface area contributed by atoms with Gasteiger partial charge in [0.15, 0.2) is 0 Å². The molecule has 144 valence electrons. The van der Waals surface area contributed by atoms with E-state index in [9.17, 15) is 9.59 Å². The number of piperidine rings is 1. The van der Waals surface area contributed by atoms with Crippen LogP contribution in [0.5, 0.6) is 0 Å². The Kier molecular flexibility index (Phi) is 5.25. The van der Waals surface area contributed by atoms with Crippen molar-refractivity contribution in [3.63, 3.8) is 0 Å². The van der Waals surface area contributed by atoms with Crippen LogP contribution in [-0.2, 0) is 4.79 Å². The van der Waals surface area contributed by atoms with Crippen molar-refractivity contribution in [3.05, 3.63) is 58.7 Å². The Morgan fingerprint density at radius 1 is 1.21 bits per heavy atom. The van der Waals surface area contributed by atoms with Gasteiger partial charge in [0.2, 0.25) is 5.91 Å². The average Bonchev–Trinajstić information content (AvgIpc) is 3.37. The number of thiazole rings is 1. The van der Waals surface area contributed by atoms with Crippen molar-refractivity contribution < 1.29 is 9.59 Å². The van der Waals surface area contributed by atoms with Crippen LogP contribution in [0.15, 0.2) is 48.0 Å². The molecular weight excluding hydrogens is 372 g/mol. The number of H-pyrrole nitrogens is 1. The number of anilines is 1. The number of aromatic nitrogens is 2. The molecule has 0 spiro atoms. The molecule has 2 amide bonds. The number of aryl methyl sites for hydroxylation is 1. The van der Waals surface area contributed by atoms with Gasteiger partial charge in [0.1, 0.15) is 5.69 Å². The molecule has 0 radical (unpaired) electrons. The summed E-state index contributed by atoms with van der Waals surface area (Å²) in [5.74, 6) is -0.0686. The van der Waals surface area contributed by atoms with Crippen LogP contribution in [0, 0.1) is 12.8 Å². The maximum Gasteiger partial charge on any atom is 0.270 e. The Bertz CT molecular complexity index is 971. The van der Waals surface area contributed by atoms with Gasteiger partial charge in [0.05, 0.1) is 10.7 Å². The SMILES string of the molecule is Cc1nc(-c2c[nH]c(C(=O)N3CCC(C(=O)Nc4ccccc4)CC3)c2)cs1. The number of aromatic amines is 1. The lowest BCUT2D eigenvalue weighted by molar-refractivity contribution is -0.121. The van der Waals surface area contributed by atoms with Crippen LogP contribution in [0.3, 0.4) is 0 Å². The molecule has 1 saturated heterocycles. The van der Waals surface area contributed by atoms with E-state index >= 15 is 0 Å².